The van der Waals surface area contributed by atoms with Gasteiger partial charge in [0.2, 0.25) is 5.91 Å². The summed E-state index contributed by atoms with van der Waals surface area (Å²) < 4.78 is 0. The number of hydrogen-bond acceptors (Lipinski definition) is 3. The van der Waals surface area contributed by atoms with Crippen LogP contribution >= 0.6 is 12.4 Å². The summed E-state index contributed by atoms with van der Waals surface area (Å²) >= 11 is 0. The van der Waals surface area contributed by atoms with Crippen molar-refractivity contribution in [2.75, 3.05) is 13.1 Å². The van der Waals surface area contributed by atoms with E-state index in [2.05, 4.69) is 11.4 Å². The van der Waals surface area contributed by atoms with Crippen molar-refractivity contribution in [1.29, 1.82) is 0 Å². The van der Waals surface area contributed by atoms with Gasteiger partial charge in [-0.15, -0.1) is 12.4 Å². The average molecular weight is 387 g/mol. The molecule has 2 N–H and O–H groups in total. The van der Waals surface area contributed by atoms with Crippen molar-refractivity contribution in [1.82, 2.24) is 10.2 Å². The molecule has 0 fully saturated rings. The zero-order valence-electron chi connectivity index (χ0n) is 14.9. The van der Waals surface area contributed by atoms with E-state index in [0.29, 0.717) is 0 Å². The van der Waals surface area contributed by atoms with Gasteiger partial charge >= 0.3 is 5.97 Å². The second-order valence-electron chi connectivity index (χ2n) is 6.32. The summed E-state index contributed by atoms with van der Waals surface area (Å²) in [4.78, 5) is 25.1. The summed E-state index contributed by atoms with van der Waals surface area (Å²) in [5.74, 6) is -1.33. The molecule has 3 rings (SSSR count). The first-order valence-electron chi connectivity index (χ1n) is 8.67. The Morgan fingerprint density at radius 2 is 1.89 bits per heavy atom. The first-order chi connectivity index (χ1) is 12.6. The number of nitrogens with one attached hydrogen (secondary N) is 1. The minimum absolute atomic E-state index is 0. The van der Waals surface area contributed by atoms with Crippen molar-refractivity contribution >= 4 is 30.4 Å². The number of rotatable bonds is 6. The zero-order chi connectivity index (χ0) is 18.4. The van der Waals surface area contributed by atoms with Crippen molar-refractivity contribution < 1.29 is 14.7 Å². The topological polar surface area (TPSA) is 69.6 Å². The fraction of sp³-hybridized carbons (Fsp3) is 0.238. The van der Waals surface area contributed by atoms with Gasteiger partial charge in [0.05, 0.1) is 0 Å². The normalized spacial score (nSPS) is 12.9. The van der Waals surface area contributed by atoms with Crippen molar-refractivity contribution in [3.05, 3.63) is 76.9 Å². The van der Waals surface area contributed by atoms with Gasteiger partial charge in [0.25, 0.3) is 0 Å². The van der Waals surface area contributed by atoms with Crippen LogP contribution in [0.25, 0.3) is 6.08 Å². The third kappa shape index (κ3) is 5.67. The van der Waals surface area contributed by atoms with E-state index in [0.717, 1.165) is 30.6 Å². The predicted molar refractivity (Wildman–Crippen MR) is 108 cm³/mol. The Kier molecular flexibility index (Phi) is 7.58. The molecule has 0 bridgehead atoms. The van der Waals surface area contributed by atoms with E-state index in [1.165, 1.54) is 22.1 Å². The molecule has 142 valence electrons. The van der Waals surface area contributed by atoms with Crippen molar-refractivity contribution in [3.63, 3.8) is 0 Å². The lowest BCUT2D eigenvalue weighted by molar-refractivity contribution is -0.143. The van der Waals surface area contributed by atoms with Gasteiger partial charge in [-0.05, 0) is 41.3 Å². The van der Waals surface area contributed by atoms with Crippen molar-refractivity contribution in [3.8, 4) is 0 Å². The fourth-order valence-electron chi connectivity index (χ4n) is 3.16. The Morgan fingerprint density at radius 3 is 2.63 bits per heavy atom. The molecule has 0 saturated carbocycles. The third-order valence-electron chi connectivity index (χ3n) is 4.44. The molecule has 2 aromatic carbocycles. The number of nitrogens with zero attached hydrogens (tertiary/aromatic N) is 1. The molecule has 0 radical (unpaired) electrons. The number of carboxylic acid groups (broad SMARTS) is 1. The van der Waals surface area contributed by atoms with E-state index in [1.54, 1.807) is 6.08 Å². The molecule has 1 aliphatic heterocycles. The second kappa shape index (κ2) is 9.90. The first kappa shape index (κ1) is 20.7. The lowest BCUT2D eigenvalue weighted by atomic mass is 9.95. The molecule has 0 saturated heterocycles. The number of carbonyl (C=O) groups is 2. The number of hydrogen-bond donors (Lipinski definition) is 2. The Morgan fingerprint density at radius 1 is 1.11 bits per heavy atom. The highest BCUT2D eigenvalue weighted by Gasteiger charge is 2.16. The minimum atomic E-state index is -1.02. The van der Waals surface area contributed by atoms with Gasteiger partial charge in [0.15, 0.2) is 0 Å². The predicted octanol–water partition coefficient (Wildman–Crippen LogP) is 2.88. The van der Waals surface area contributed by atoms with Gasteiger partial charge in [-0.2, -0.15) is 0 Å². The summed E-state index contributed by atoms with van der Waals surface area (Å²) in [5.41, 5.74) is 4.42. The number of amides is 1. The molecule has 27 heavy (non-hydrogen) atoms. The maximum absolute atomic E-state index is 12.6. The molecule has 1 heterocycles. The summed E-state index contributed by atoms with van der Waals surface area (Å²) in [6, 6.07) is 15.5. The van der Waals surface area contributed by atoms with Crippen LogP contribution in [0.3, 0.4) is 0 Å². The van der Waals surface area contributed by atoms with Crippen LogP contribution in [0.5, 0.6) is 0 Å². The lowest BCUT2D eigenvalue weighted by Crippen LogP contribution is -2.34. The Hall–Kier alpha value is -2.63. The van der Waals surface area contributed by atoms with Crippen LogP contribution < -0.4 is 5.32 Å². The lowest BCUT2D eigenvalue weighted by Gasteiger charge is -2.20. The largest absolute Gasteiger partial charge is 0.480 e. The molecule has 0 aromatic heterocycles. The van der Waals surface area contributed by atoms with Gasteiger partial charge < -0.3 is 15.3 Å². The molecule has 0 aliphatic carbocycles. The number of carboxylic acids is 1. The molecule has 0 unspecified atom stereocenters. The summed E-state index contributed by atoms with van der Waals surface area (Å²) in [6.45, 7) is 1.71. The SMILES string of the molecule is Cl.O=C(O)CN(Cc1ccccc1)C(=O)C=Cc1cccc2c1CCNC2. The van der Waals surface area contributed by atoms with Crippen molar-refractivity contribution in [2.24, 2.45) is 0 Å². The van der Waals surface area contributed by atoms with E-state index in [4.69, 9.17) is 5.11 Å². The average Bonchev–Trinajstić information content (AvgIpc) is 2.66. The molecule has 2 aromatic rings. The fourth-order valence-corrected chi connectivity index (χ4v) is 3.16. The van der Waals surface area contributed by atoms with Crippen molar-refractivity contribution in [2.45, 2.75) is 19.5 Å². The third-order valence-corrected chi connectivity index (χ3v) is 4.44. The Labute approximate surface area is 165 Å². The zero-order valence-corrected chi connectivity index (χ0v) is 15.7. The maximum atomic E-state index is 12.6. The van der Waals surface area contributed by atoms with Gasteiger partial charge in [0.1, 0.15) is 6.54 Å². The van der Waals surface area contributed by atoms with Crippen LogP contribution in [-0.4, -0.2) is 35.0 Å². The number of fused-ring (bicyclic) bond motifs is 1. The highest BCUT2D eigenvalue weighted by Crippen LogP contribution is 2.20. The number of aliphatic carboxylic acids is 1. The molecule has 0 atom stereocenters. The van der Waals surface area contributed by atoms with Gasteiger partial charge in [-0.25, -0.2) is 0 Å². The van der Waals surface area contributed by atoms with E-state index in [-0.39, 0.29) is 31.4 Å². The second-order valence-corrected chi connectivity index (χ2v) is 6.32. The van der Waals surface area contributed by atoms with Gasteiger partial charge in [-0.1, -0.05) is 48.5 Å². The Bertz CT molecular complexity index is 821. The first-order valence-corrected chi connectivity index (χ1v) is 8.67. The van der Waals surface area contributed by atoms with Crippen LogP contribution in [0.4, 0.5) is 0 Å². The van der Waals surface area contributed by atoms with E-state index >= 15 is 0 Å². The summed E-state index contributed by atoms with van der Waals surface area (Å²) in [6.07, 6.45) is 4.20. The van der Waals surface area contributed by atoms with E-state index < -0.39 is 5.97 Å². The molecular formula is C21H23ClN2O3. The molecule has 6 heteroatoms. The van der Waals surface area contributed by atoms with Crippen LogP contribution in [-0.2, 0) is 29.1 Å². The molecule has 5 nitrogen and oxygen atoms in total. The maximum Gasteiger partial charge on any atom is 0.323 e. The molecule has 0 spiro atoms. The molecule has 1 aliphatic rings. The van der Waals surface area contributed by atoms with Crippen LogP contribution in [0, 0.1) is 0 Å². The monoisotopic (exact) mass is 386 g/mol. The standard InChI is InChI=1S/C21H22N2O3.ClH/c24-20(23(15-21(25)26)14-16-5-2-1-3-6-16)10-9-17-7-4-8-18-13-22-12-11-19(17)18;/h1-10,22H,11-15H2,(H,25,26);1H. The highest BCUT2D eigenvalue weighted by molar-refractivity contribution is 5.93. The molecule has 1 amide bonds. The van der Waals surface area contributed by atoms with Gasteiger partial charge in [0, 0.05) is 19.2 Å². The minimum Gasteiger partial charge on any atom is -0.480 e. The van der Waals surface area contributed by atoms with Crippen LogP contribution in [0.2, 0.25) is 0 Å². The number of halogens is 1. The van der Waals surface area contributed by atoms with Gasteiger partial charge in [-0.3, -0.25) is 9.59 Å². The number of benzene rings is 2. The van der Waals surface area contributed by atoms with E-state index in [9.17, 15) is 9.59 Å². The van der Waals surface area contributed by atoms with E-state index in [1.807, 2.05) is 42.5 Å². The Balaban J connectivity index is 0.00000261. The number of carbonyl (C=O) groups excluding carboxylic acids is 1. The quantitative estimate of drug-likeness (QED) is 0.749. The summed E-state index contributed by atoms with van der Waals surface area (Å²) in [7, 11) is 0. The summed E-state index contributed by atoms with van der Waals surface area (Å²) in [5, 5.41) is 12.5. The highest BCUT2D eigenvalue weighted by atomic mass is 35.5. The molecular weight excluding hydrogens is 364 g/mol. The van der Waals surface area contributed by atoms with Crippen LogP contribution in [0.15, 0.2) is 54.6 Å². The van der Waals surface area contributed by atoms with Crippen LogP contribution in [0.1, 0.15) is 22.3 Å². The smallest absolute Gasteiger partial charge is 0.323 e.